The van der Waals surface area contributed by atoms with Gasteiger partial charge >= 0.3 is 0 Å². The highest BCUT2D eigenvalue weighted by Gasteiger charge is 2.36. The Morgan fingerprint density at radius 3 is 3.07 bits per heavy atom. The summed E-state index contributed by atoms with van der Waals surface area (Å²) < 4.78 is 0. The Morgan fingerprint density at radius 2 is 2.57 bits per heavy atom. The van der Waals surface area contributed by atoms with E-state index in [1.165, 1.54) is 11.3 Å². The molecule has 1 aromatic heterocycles. The zero-order chi connectivity index (χ0) is 10.1. The molecule has 1 aromatic rings. The van der Waals surface area contributed by atoms with Crippen molar-refractivity contribution in [2.45, 2.75) is 12.5 Å². The number of aromatic nitrogens is 1. The molecule has 0 spiro atoms. The van der Waals surface area contributed by atoms with E-state index in [9.17, 15) is 0 Å². The number of thiazole rings is 1. The number of aliphatic hydroxyl groups is 1. The smallest absolute Gasteiger partial charge is 0.185 e. The summed E-state index contributed by atoms with van der Waals surface area (Å²) in [5.41, 5.74) is 0. The van der Waals surface area contributed by atoms with Crippen LogP contribution in [0, 0.1) is 17.2 Å². The number of rotatable bonds is 3. The number of hydrogen-bond donors (Lipinski definition) is 2. The molecule has 4 nitrogen and oxygen atoms in total. The number of nitrogens with zero attached hydrogens (tertiary/aromatic N) is 2. The van der Waals surface area contributed by atoms with Gasteiger partial charge in [-0.25, -0.2) is 4.98 Å². The standard InChI is InChI=1S/C8H8ClN3OS/c9-7-6(2-10)14-8(12-7)11-5-1-4(5)3-13/h4-5,13H,1,3H2,(H,11,12)/t4-,5+/m0/s1. The van der Waals surface area contributed by atoms with Crippen LogP contribution < -0.4 is 5.32 Å². The summed E-state index contributed by atoms with van der Waals surface area (Å²) in [6.07, 6.45) is 0.954. The molecular formula is C8H8ClN3OS. The first-order chi connectivity index (χ1) is 6.74. The highest BCUT2D eigenvalue weighted by molar-refractivity contribution is 7.16. The molecule has 0 amide bonds. The monoisotopic (exact) mass is 229 g/mol. The second-order valence-corrected chi connectivity index (χ2v) is 4.54. The highest BCUT2D eigenvalue weighted by Crippen LogP contribution is 2.35. The fourth-order valence-corrected chi connectivity index (χ4v) is 2.23. The molecule has 0 radical (unpaired) electrons. The molecule has 14 heavy (non-hydrogen) atoms. The van der Waals surface area contributed by atoms with Crippen molar-refractivity contribution in [1.29, 1.82) is 5.26 Å². The van der Waals surface area contributed by atoms with Gasteiger partial charge in [0.2, 0.25) is 0 Å². The van der Waals surface area contributed by atoms with E-state index < -0.39 is 0 Å². The van der Waals surface area contributed by atoms with Crippen LogP contribution in [0.2, 0.25) is 5.15 Å². The van der Waals surface area contributed by atoms with Crippen LogP contribution in [-0.4, -0.2) is 22.7 Å². The average Bonchev–Trinajstić information content (AvgIpc) is 2.82. The van der Waals surface area contributed by atoms with Crippen LogP contribution in [0.3, 0.4) is 0 Å². The van der Waals surface area contributed by atoms with E-state index in [-0.39, 0.29) is 17.8 Å². The Labute approximate surface area is 90.2 Å². The Bertz CT molecular complexity index is 386. The van der Waals surface area contributed by atoms with E-state index in [1.54, 1.807) is 0 Å². The third-order valence-corrected chi connectivity index (χ3v) is 3.43. The predicted octanol–water partition coefficient (Wildman–Crippen LogP) is 1.46. The first-order valence-electron chi connectivity index (χ1n) is 4.18. The lowest BCUT2D eigenvalue weighted by Gasteiger charge is -1.97. The van der Waals surface area contributed by atoms with Crippen molar-refractivity contribution in [3.63, 3.8) is 0 Å². The second kappa shape index (κ2) is 3.73. The van der Waals surface area contributed by atoms with Crippen molar-refractivity contribution < 1.29 is 5.11 Å². The van der Waals surface area contributed by atoms with Gasteiger partial charge in [0, 0.05) is 18.6 Å². The van der Waals surface area contributed by atoms with Crippen LogP contribution in [0.4, 0.5) is 5.13 Å². The fourth-order valence-electron chi connectivity index (χ4n) is 1.22. The Balaban J connectivity index is 2.01. The van der Waals surface area contributed by atoms with E-state index >= 15 is 0 Å². The maximum atomic E-state index is 8.83. The first kappa shape index (κ1) is 9.71. The van der Waals surface area contributed by atoms with E-state index in [4.69, 9.17) is 22.0 Å². The number of hydrogen-bond acceptors (Lipinski definition) is 5. The average molecular weight is 230 g/mol. The molecule has 6 heteroatoms. The molecule has 1 aliphatic rings. The molecule has 1 heterocycles. The summed E-state index contributed by atoms with van der Waals surface area (Å²) in [7, 11) is 0. The lowest BCUT2D eigenvalue weighted by Crippen LogP contribution is -2.05. The fraction of sp³-hybridized carbons (Fsp3) is 0.500. The summed E-state index contributed by atoms with van der Waals surface area (Å²) >= 11 is 6.95. The van der Waals surface area contributed by atoms with Crippen molar-refractivity contribution in [3.05, 3.63) is 10.0 Å². The molecule has 2 atom stereocenters. The highest BCUT2D eigenvalue weighted by atomic mass is 35.5. The number of halogens is 1. The van der Waals surface area contributed by atoms with E-state index in [2.05, 4.69) is 10.3 Å². The maximum Gasteiger partial charge on any atom is 0.185 e. The lowest BCUT2D eigenvalue weighted by molar-refractivity contribution is 0.275. The van der Waals surface area contributed by atoms with Gasteiger partial charge in [-0.1, -0.05) is 22.9 Å². The molecule has 0 bridgehead atoms. The quantitative estimate of drug-likeness (QED) is 0.824. The summed E-state index contributed by atoms with van der Waals surface area (Å²) in [6, 6.07) is 2.26. The van der Waals surface area contributed by atoms with Gasteiger partial charge in [-0.2, -0.15) is 5.26 Å². The second-order valence-electron chi connectivity index (χ2n) is 3.18. The molecule has 74 valence electrons. The molecule has 1 aliphatic carbocycles. The van der Waals surface area contributed by atoms with Gasteiger partial charge in [0.15, 0.2) is 10.3 Å². The minimum Gasteiger partial charge on any atom is -0.396 e. The zero-order valence-corrected chi connectivity index (χ0v) is 8.77. The third kappa shape index (κ3) is 1.82. The van der Waals surface area contributed by atoms with Crippen molar-refractivity contribution in [3.8, 4) is 6.07 Å². The van der Waals surface area contributed by atoms with E-state index in [1.807, 2.05) is 6.07 Å². The van der Waals surface area contributed by atoms with Crippen LogP contribution in [0.15, 0.2) is 0 Å². The normalized spacial score (nSPS) is 24.4. The number of nitrogens with one attached hydrogen (secondary N) is 1. The van der Waals surface area contributed by atoms with Crippen LogP contribution >= 0.6 is 22.9 Å². The van der Waals surface area contributed by atoms with Crippen LogP contribution in [0.1, 0.15) is 11.3 Å². The van der Waals surface area contributed by atoms with Crippen molar-refractivity contribution >= 4 is 28.1 Å². The minimum absolute atomic E-state index is 0.196. The van der Waals surface area contributed by atoms with Gasteiger partial charge < -0.3 is 10.4 Å². The molecular weight excluding hydrogens is 222 g/mol. The van der Waals surface area contributed by atoms with Gasteiger partial charge in [0.25, 0.3) is 0 Å². The van der Waals surface area contributed by atoms with Crippen LogP contribution in [0.5, 0.6) is 0 Å². The predicted molar refractivity (Wildman–Crippen MR) is 54.4 cm³/mol. The number of nitriles is 1. The summed E-state index contributed by atoms with van der Waals surface area (Å²) in [6.45, 7) is 0.196. The van der Waals surface area contributed by atoms with Crippen LogP contribution in [0.25, 0.3) is 0 Å². The molecule has 2 N–H and O–H groups in total. The van der Waals surface area contributed by atoms with Gasteiger partial charge in [-0.05, 0) is 6.42 Å². The number of anilines is 1. The van der Waals surface area contributed by atoms with Crippen molar-refractivity contribution in [2.24, 2.45) is 5.92 Å². The Hall–Kier alpha value is -0.830. The molecule has 0 aromatic carbocycles. The van der Waals surface area contributed by atoms with Crippen LogP contribution in [-0.2, 0) is 0 Å². The molecule has 1 saturated carbocycles. The molecule has 1 fully saturated rings. The zero-order valence-electron chi connectivity index (χ0n) is 7.20. The maximum absolute atomic E-state index is 8.83. The van der Waals surface area contributed by atoms with Crippen molar-refractivity contribution in [1.82, 2.24) is 4.98 Å². The van der Waals surface area contributed by atoms with Gasteiger partial charge in [-0.3, -0.25) is 0 Å². The summed E-state index contributed by atoms with van der Waals surface area (Å²) in [5.74, 6) is 0.322. The Kier molecular flexibility index (Phi) is 2.59. The SMILES string of the molecule is N#Cc1sc(N[C@@H]2C[C@H]2CO)nc1Cl. The van der Waals surface area contributed by atoms with E-state index in [0.29, 0.717) is 15.9 Å². The lowest BCUT2D eigenvalue weighted by atomic mass is 10.4. The topological polar surface area (TPSA) is 68.9 Å². The summed E-state index contributed by atoms with van der Waals surface area (Å²) in [5, 5.41) is 21.5. The first-order valence-corrected chi connectivity index (χ1v) is 5.38. The Morgan fingerprint density at radius 1 is 1.79 bits per heavy atom. The van der Waals surface area contributed by atoms with Gasteiger partial charge in [0.05, 0.1) is 0 Å². The molecule has 2 rings (SSSR count). The third-order valence-electron chi connectivity index (χ3n) is 2.15. The summed E-state index contributed by atoms with van der Waals surface area (Å²) in [4.78, 5) is 4.43. The molecule has 0 saturated heterocycles. The minimum atomic E-state index is 0.196. The largest absolute Gasteiger partial charge is 0.396 e. The van der Waals surface area contributed by atoms with Crippen molar-refractivity contribution in [2.75, 3.05) is 11.9 Å². The molecule has 0 unspecified atom stereocenters. The molecule has 0 aliphatic heterocycles. The van der Waals surface area contributed by atoms with Gasteiger partial charge in [0.1, 0.15) is 10.9 Å². The van der Waals surface area contributed by atoms with Gasteiger partial charge in [-0.15, -0.1) is 0 Å². The van der Waals surface area contributed by atoms with E-state index in [0.717, 1.165) is 6.42 Å². The number of aliphatic hydroxyl groups excluding tert-OH is 1.